The minimum atomic E-state index is -0.279. The first-order valence-electron chi connectivity index (χ1n) is 6.92. The van der Waals surface area contributed by atoms with Crippen molar-refractivity contribution < 1.29 is 9.18 Å². The normalized spacial score (nSPS) is 11.2. The van der Waals surface area contributed by atoms with E-state index in [0.717, 1.165) is 20.8 Å². The van der Waals surface area contributed by atoms with Crippen molar-refractivity contribution in [3.8, 4) is 0 Å². The predicted octanol–water partition coefficient (Wildman–Crippen LogP) is 3.60. The van der Waals surface area contributed by atoms with Crippen LogP contribution in [0.4, 0.5) is 4.39 Å². The molecule has 0 aliphatic heterocycles. The number of aromatic nitrogens is 2. The Balaban J connectivity index is 1.92. The van der Waals surface area contributed by atoms with Crippen LogP contribution in [-0.4, -0.2) is 28.2 Å². The second-order valence-electron chi connectivity index (χ2n) is 4.71. The van der Waals surface area contributed by atoms with Crippen LogP contribution in [0.1, 0.15) is 13.3 Å². The van der Waals surface area contributed by atoms with E-state index >= 15 is 0 Å². The fourth-order valence-corrected chi connectivity index (χ4v) is 4.18. The number of thioether (sulfide) groups is 1. The molecule has 3 aromatic rings. The molecular formula is C15H14FN3OS2. The minimum Gasteiger partial charge on any atom is -0.355 e. The number of benzene rings is 1. The Kier molecular flexibility index (Phi) is 4.54. The summed E-state index contributed by atoms with van der Waals surface area (Å²) in [5.41, 5.74) is 0.615. The Bertz CT molecular complexity index is 834. The summed E-state index contributed by atoms with van der Waals surface area (Å²) < 4.78 is 15.7. The molecule has 2 aromatic heterocycles. The first-order chi connectivity index (χ1) is 10.7. The van der Waals surface area contributed by atoms with Crippen LogP contribution in [-0.2, 0) is 4.79 Å². The van der Waals surface area contributed by atoms with Crippen LogP contribution in [0, 0.1) is 5.82 Å². The summed E-state index contributed by atoms with van der Waals surface area (Å²) in [7, 11) is 0. The number of nitrogens with one attached hydrogen (secondary N) is 1. The molecule has 1 amide bonds. The maximum absolute atomic E-state index is 14.0. The van der Waals surface area contributed by atoms with E-state index in [9.17, 15) is 9.18 Å². The van der Waals surface area contributed by atoms with Gasteiger partial charge in [-0.3, -0.25) is 4.79 Å². The van der Waals surface area contributed by atoms with Gasteiger partial charge in [0.2, 0.25) is 5.91 Å². The second kappa shape index (κ2) is 6.58. The molecule has 1 N–H and O–H groups in total. The number of carbonyl (C=O) groups is 1. The highest BCUT2D eigenvalue weighted by atomic mass is 32.2. The maximum atomic E-state index is 14.0. The molecule has 4 nitrogen and oxygen atoms in total. The summed E-state index contributed by atoms with van der Waals surface area (Å²) in [6.07, 6.45) is 2.33. The lowest BCUT2D eigenvalue weighted by molar-refractivity contribution is -0.118. The Morgan fingerprint density at radius 1 is 1.41 bits per heavy atom. The molecule has 1 aromatic carbocycles. The molecule has 0 fully saturated rings. The van der Waals surface area contributed by atoms with Crippen LogP contribution in [0.5, 0.6) is 0 Å². The molecule has 0 unspecified atom stereocenters. The third-order valence-electron chi connectivity index (χ3n) is 3.11. The van der Waals surface area contributed by atoms with E-state index in [0.29, 0.717) is 23.2 Å². The van der Waals surface area contributed by atoms with Crippen molar-refractivity contribution in [3.63, 3.8) is 0 Å². The van der Waals surface area contributed by atoms with Crippen molar-refractivity contribution in [2.24, 2.45) is 0 Å². The van der Waals surface area contributed by atoms with Crippen LogP contribution in [0.25, 0.3) is 20.3 Å². The number of thiophene rings is 1. The number of carbonyl (C=O) groups excluding carboxylic acids is 1. The van der Waals surface area contributed by atoms with Crippen LogP contribution < -0.4 is 5.32 Å². The number of halogens is 1. The summed E-state index contributed by atoms with van der Waals surface area (Å²) in [5.74, 6) is -0.00645. The van der Waals surface area contributed by atoms with Crippen LogP contribution in [0.2, 0.25) is 0 Å². The minimum absolute atomic E-state index is 0.0223. The monoisotopic (exact) mass is 335 g/mol. The van der Waals surface area contributed by atoms with E-state index in [2.05, 4.69) is 15.3 Å². The number of rotatable bonds is 5. The number of nitrogens with zero attached hydrogens (tertiary/aromatic N) is 2. The zero-order chi connectivity index (χ0) is 15.5. The molecular weight excluding hydrogens is 321 g/mol. The van der Waals surface area contributed by atoms with Gasteiger partial charge in [0.1, 0.15) is 17.2 Å². The molecule has 0 aliphatic carbocycles. The average Bonchev–Trinajstić information content (AvgIpc) is 2.91. The quantitative estimate of drug-likeness (QED) is 0.572. The van der Waals surface area contributed by atoms with Gasteiger partial charge in [0.25, 0.3) is 0 Å². The van der Waals surface area contributed by atoms with E-state index in [1.165, 1.54) is 35.5 Å². The summed E-state index contributed by atoms with van der Waals surface area (Å²) >= 11 is 2.81. The molecule has 0 saturated heterocycles. The lowest BCUT2D eigenvalue weighted by Crippen LogP contribution is -2.25. The molecule has 3 rings (SSSR count). The standard InChI is InChI=1S/C15H14FN3OS2/c1-2-6-17-11(20)7-21-15-14-13(18-8-19-15)12-9(16)4-3-5-10(12)22-14/h3-5,8H,2,6-7H2,1H3,(H,17,20). The summed E-state index contributed by atoms with van der Waals surface area (Å²) in [6, 6.07) is 4.99. The summed E-state index contributed by atoms with van der Waals surface area (Å²) in [6.45, 7) is 2.68. The van der Waals surface area contributed by atoms with Gasteiger partial charge in [-0.2, -0.15) is 0 Å². The molecule has 7 heteroatoms. The lowest BCUT2D eigenvalue weighted by Gasteiger charge is -2.03. The van der Waals surface area contributed by atoms with E-state index in [1.807, 2.05) is 13.0 Å². The number of hydrogen-bond acceptors (Lipinski definition) is 5. The van der Waals surface area contributed by atoms with Gasteiger partial charge in [-0.15, -0.1) is 11.3 Å². The highest BCUT2D eigenvalue weighted by molar-refractivity contribution is 8.00. The van der Waals surface area contributed by atoms with Crippen molar-refractivity contribution in [2.45, 2.75) is 18.4 Å². The third kappa shape index (κ3) is 2.91. The molecule has 0 aliphatic rings. The maximum Gasteiger partial charge on any atom is 0.230 e. The van der Waals surface area contributed by atoms with Gasteiger partial charge in [-0.05, 0) is 18.6 Å². The van der Waals surface area contributed by atoms with Crippen molar-refractivity contribution in [1.82, 2.24) is 15.3 Å². The van der Waals surface area contributed by atoms with Gasteiger partial charge in [-0.1, -0.05) is 24.8 Å². The van der Waals surface area contributed by atoms with Gasteiger partial charge in [-0.25, -0.2) is 14.4 Å². The molecule has 0 spiro atoms. The highest BCUT2D eigenvalue weighted by Gasteiger charge is 2.15. The summed E-state index contributed by atoms with van der Waals surface area (Å²) in [4.78, 5) is 20.2. The van der Waals surface area contributed by atoms with Gasteiger partial charge < -0.3 is 5.32 Å². The van der Waals surface area contributed by atoms with Crippen molar-refractivity contribution in [2.75, 3.05) is 12.3 Å². The Morgan fingerprint density at radius 2 is 2.27 bits per heavy atom. The zero-order valence-corrected chi connectivity index (χ0v) is 13.6. The fourth-order valence-electron chi connectivity index (χ4n) is 2.11. The van der Waals surface area contributed by atoms with Crippen molar-refractivity contribution in [3.05, 3.63) is 30.3 Å². The Hall–Kier alpha value is -1.73. The second-order valence-corrected chi connectivity index (χ2v) is 6.73. The highest BCUT2D eigenvalue weighted by Crippen LogP contribution is 2.38. The molecule has 114 valence electrons. The largest absolute Gasteiger partial charge is 0.355 e. The summed E-state index contributed by atoms with van der Waals surface area (Å²) in [5, 5.41) is 4.08. The first kappa shape index (κ1) is 15.2. The van der Waals surface area contributed by atoms with Crippen LogP contribution in [0.3, 0.4) is 0 Å². The topological polar surface area (TPSA) is 54.9 Å². The molecule has 0 bridgehead atoms. The van der Waals surface area contributed by atoms with E-state index in [-0.39, 0.29) is 11.7 Å². The van der Waals surface area contributed by atoms with E-state index < -0.39 is 0 Å². The molecule has 0 radical (unpaired) electrons. The van der Waals surface area contributed by atoms with Crippen molar-refractivity contribution >= 4 is 49.3 Å². The SMILES string of the molecule is CCCNC(=O)CSc1ncnc2c1sc1cccc(F)c12. The smallest absolute Gasteiger partial charge is 0.230 e. The number of hydrogen-bond donors (Lipinski definition) is 1. The zero-order valence-electron chi connectivity index (χ0n) is 11.9. The Morgan fingerprint density at radius 3 is 3.09 bits per heavy atom. The van der Waals surface area contributed by atoms with Crippen molar-refractivity contribution in [1.29, 1.82) is 0 Å². The van der Waals surface area contributed by atoms with Gasteiger partial charge >= 0.3 is 0 Å². The first-order valence-corrected chi connectivity index (χ1v) is 8.72. The van der Waals surface area contributed by atoms with Crippen LogP contribution in [0.15, 0.2) is 29.6 Å². The predicted molar refractivity (Wildman–Crippen MR) is 88.9 cm³/mol. The number of amides is 1. The van der Waals surface area contributed by atoms with E-state index in [1.54, 1.807) is 6.07 Å². The van der Waals surface area contributed by atoms with Gasteiger partial charge in [0.15, 0.2) is 0 Å². The molecule has 0 saturated carbocycles. The van der Waals surface area contributed by atoms with E-state index in [4.69, 9.17) is 0 Å². The van der Waals surface area contributed by atoms with Gasteiger partial charge in [0.05, 0.1) is 21.4 Å². The third-order valence-corrected chi connectivity index (χ3v) is 5.38. The van der Waals surface area contributed by atoms with Gasteiger partial charge in [0, 0.05) is 11.2 Å². The Labute approximate surface area is 135 Å². The lowest BCUT2D eigenvalue weighted by atomic mass is 10.2. The number of fused-ring (bicyclic) bond motifs is 3. The average molecular weight is 335 g/mol. The van der Waals surface area contributed by atoms with Crippen LogP contribution >= 0.6 is 23.1 Å². The molecule has 2 heterocycles. The molecule has 22 heavy (non-hydrogen) atoms. The molecule has 0 atom stereocenters. The fraction of sp³-hybridized carbons (Fsp3) is 0.267.